The van der Waals surface area contributed by atoms with Crippen LogP contribution in [0, 0.1) is 0 Å². The number of carbonyl (C=O) groups excluding carboxylic acids is 1. The summed E-state index contributed by atoms with van der Waals surface area (Å²) in [5.41, 5.74) is 1.34. The molecule has 2 aromatic carbocycles. The maximum absolute atomic E-state index is 13.1. The molecule has 1 amide bonds. The van der Waals surface area contributed by atoms with Crippen LogP contribution in [-0.4, -0.2) is 46.2 Å². The summed E-state index contributed by atoms with van der Waals surface area (Å²) in [6.07, 6.45) is 0.824. The fraction of sp³-hybridized carbons (Fsp3) is 0.318. The van der Waals surface area contributed by atoms with Crippen LogP contribution in [0.2, 0.25) is 0 Å². The Morgan fingerprint density at radius 3 is 2.55 bits per heavy atom. The van der Waals surface area contributed by atoms with Crippen LogP contribution in [-0.2, 0) is 11.3 Å². The van der Waals surface area contributed by atoms with Crippen molar-refractivity contribution in [1.29, 1.82) is 0 Å². The number of carbonyl (C=O) groups is 1. The van der Waals surface area contributed by atoms with Gasteiger partial charge in [0.15, 0.2) is 5.16 Å². The zero-order valence-corrected chi connectivity index (χ0v) is 17.8. The van der Waals surface area contributed by atoms with Gasteiger partial charge in [-0.25, -0.2) is 4.98 Å². The Hall–Kier alpha value is -2.64. The minimum atomic E-state index is -0.400. The van der Waals surface area contributed by atoms with E-state index in [9.17, 15) is 9.59 Å². The van der Waals surface area contributed by atoms with Crippen LogP contribution in [0.15, 0.2) is 64.5 Å². The number of hydrogen-bond donors (Lipinski definition) is 1. The molecular formula is C22H26N4O2S. The minimum absolute atomic E-state index is 0.0625. The van der Waals surface area contributed by atoms with E-state index in [-0.39, 0.29) is 11.5 Å². The molecule has 3 rings (SSSR count). The van der Waals surface area contributed by atoms with Crippen LogP contribution in [0.25, 0.3) is 10.9 Å². The molecule has 3 aromatic rings. The molecule has 7 heteroatoms. The lowest BCUT2D eigenvalue weighted by atomic mass is 10.2. The zero-order valence-electron chi connectivity index (χ0n) is 17.0. The summed E-state index contributed by atoms with van der Waals surface area (Å²) >= 11 is 1.31. The van der Waals surface area contributed by atoms with Gasteiger partial charge >= 0.3 is 0 Å². The standard InChI is InChI=1S/C22H26N4O2S/c1-16(20(27)23-17-10-5-4-6-11-17)29-22-24-19-13-8-7-12-18(19)21(28)26(22)15-9-14-25(2)3/h4-8,10-13,16H,9,14-15H2,1-3H3,(H,23,27)/t16-/m1/s1. The highest BCUT2D eigenvalue weighted by molar-refractivity contribution is 8.00. The Balaban J connectivity index is 1.85. The fourth-order valence-electron chi connectivity index (χ4n) is 2.96. The second kappa shape index (κ2) is 9.71. The SMILES string of the molecule is C[C@@H](Sc1nc2ccccc2c(=O)n1CCCN(C)C)C(=O)Nc1ccccc1. The average molecular weight is 411 g/mol. The number of nitrogens with one attached hydrogen (secondary N) is 1. The highest BCUT2D eigenvalue weighted by atomic mass is 32.2. The van der Waals surface area contributed by atoms with E-state index in [0.717, 1.165) is 18.7 Å². The Bertz CT molecular complexity index is 1030. The van der Waals surface area contributed by atoms with Crippen molar-refractivity contribution >= 4 is 34.3 Å². The van der Waals surface area contributed by atoms with E-state index in [4.69, 9.17) is 4.98 Å². The molecule has 1 heterocycles. The number of para-hydroxylation sites is 2. The molecule has 152 valence electrons. The third-order valence-electron chi connectivity index (χ3n) is 4.51. The number of benzene rings is 2. The highest BCUT2D eigenvalue weighted by Crippen LogP contribution is 2.24. The maximum Gasteiger partial charge on any atom is 0.262 e. The number of thioether (sulfide) groups is 1. The average Bonchev–Trinajstić information content (AvgIpc) is 2.70. The molecule has 1 aromatic heterocycles. The Kier molecular flexibility index (Phi) is 7.06. The molecule has 0 radical (unpaired) electrons. The van der Waals surface area contributed by atoms with E-state index in [2.05, 4.69) is 10.2 Å². The summed E-state index contributed by atoms with van der Waals surface area (Å²) in [7, 11) is 4.01. The first-order valence-electron chi connectivity index (χ1n) is 9.62. The van der Waals surface area contributed by atoms with Crippen molar-refractivity contribution in [3.05, 3.63) is 65.0 Å². The van der Waals surface area contributed by atoms with Gasteiger partial charge in [0.05, 0.1) is 16.2 Å². The molecule has 0 aliphatic carbocycles. The van der Waals surface area contributed by atoms with E-state index in [1.54, 1.807) is 10.6 Å². The van der Waals surface area contributed by atoms with Crippen molar-refractivity contribution in [3.63, 3.8) is 0 Å². The molecule has 0 saturated carbocycles. The Morgan fingerprint density at radius 1 is 1.14 bits per heavy atom. The summed E-state index contributed by atoms with van der Waals surface area (Å²) in [5.74, 6) is -0.122. The third-order valence-corrected chi connectivity index (χ3v) is 5.60. The van der Waals surface area contributed by atoms with Gasteiger partial charge in [-0.05, 0) is 58.3 Å². The molecular weight excluding hydrogens is 384 g/mol. The summed E-state index contributed by atoms with van der Waals surface area (Å²) in [4.78, 5) is 32.5. The van der Waals surface area contributed by atoms with Crippen LogP contribution in [0.4, 0.5) is 5.69 Å². The minimum Gasteiger partial charge on any atom is -0.325 e. The summed E-state index contributed by atoms with van der Waals surface area (Å²) in [6, 6.07) is 16.7. The number of anilines is 1. The Morgan fingerprint density at radius 2 is 1.83 bits per heavy atom. The fourth-order valence-corrected chi connectivity index (χ4v) is 3.89. The second-order valence-corrected chi connectivity index (χ2v) is 8.45. The first kappa shape index (κ1) is 21.1. The molecule has 29 heavy (non-hydrogen) atoms. The van der Waals surface area contributed by atoms with Crippen molar-refractivity contribution in [2.24, 2.45) is 0 Å². The number of hydrogen-bond acceptors (Lipinski definition) is 5. The van der Waals surface area contributed by atoms with Gasteiger partial charge in [-0.15, -0.1) is 0 Å². The van der Waals surface area contributed by atoms with Crippen LogP contribution in [0.3, 0.4) is 0 Å². The van der Waals surface area contributed by atoms with Gasteiger partial charge in [0.25, 0.3) is 5.56 Å². The molecule has 0 saturated heterocycles. The van der Waals surface area contributed by atoms with Crippen LogP contribution < -0.4 is 10.9 Å². The summed E-state index contributed by atoms with van der Waals surface area (Å²) < 4.78 is 1.70. The smallest absolute Gasteiger partial charge is 0.262 e. The zero-order chi connectivity index (χ0) is 20.8. The quantitative estimate of drug-likeness (QED) is 0.455. The third kappa shape index (κ3) is 5.46. The van der Waals surface area contributed by atoms with Gasteiger partial charge in [0.2, 0.25) is 5.91 Å². The van der Waals surface area contributed by atoms with Crippen LogP contribution in [0.5, 0.6) is 0 Å². The van der Waals surface area contributed by atoms with E-state index in [0.29, 0.717) is 22.6 Å². The molecule has 0 spiro atoms. The van der Waals surface area contributed by atoms with E-state index in [1.807, 2.05) is 69.6 Å². The van der Waals surface area contributed by atoms with Gasteiger partial charge in [0.1, 0.15) is 0 Å². The van der Waals surface area contributed by atoms with Gasteiger partial charge in [-0.3, -0.25) is 14.2 Å². The molecule has 0 fully saturated rings. The van der Waals surface area contributed by atoms with Crippen molar-refractivity contribution in [2.45, 2.75) is 30.3 Å². The molecule has 0 bridgehead atoms. The van der Waals surface area contributed by atoms with Crippen molar-refractivity contribution < 1.29 is 4.79 Å². The predicted molar refractivity (Wildman–Crippen MR) is 120 cm³/mol. The van der Waals surface area contributed by atoms with Crippen molar-refractivity contribution in [3.8, 4) is 0 Å². The number of amides is 1. The molecule has 0 unspecified atom stereocenters. The molecule has 1 atom stereocenters. The topological polar surface area (TPSA) is 67.2 Å². The summed E-state index contributed by atoms with van der Waals surface area (Å²) in [6.45, 7) is 3.26. The number of rotatable bonds is 8. The maximum atomic E-state index is 13.1. The van der Waals surface area contributed by atoms with Crippen molar-refractivity contribution in [1.82, 2.24) is 14.5 Å². The first-order chi connectivity index (χ1) is 14.0. The molecule has 1 N–H and O–H groups in total. The normalized spacial score (nSPS) is 12.3. The van der Waals surface area contributed by atoms with Crippen molar-refractivity contribution in [2.75, 3.05) is 26.0 Å². The van der Waals surface area contributed by atoms with E-state index >= 15 is 0 Å². The number of aromatic nitrogens is 2. The second-order valence-electron chi connectivity index (χ2n) is 7.14. The highest BCUT2D eigenvalue weighted by Gasteiger charge is 2.19. The lowest BCUT2D eigenvalue weighted by Crippen LogP contribution is -2.28. The molecule has 0 aliphatic rings. The molecule has 0 aliphatic heterocycles. The van der Waals surface area contributed by atoms with Gasteiger partial charge in [-0.1, -0.05) is 42.1 Å². The van der Waals surface area contributed by atoms with Crippen LogP contribution >= 0.6 is 11.8 Å². The molecule has 6 nitrogen and oxygen atoms in total. The largest absolute Gasteiger partial charge is 0.325 e. The lowest BCUT2D eigenvalue weighted by molar-refractivity contribution is -0.115. The van der Waals surface area contributed by atoms with E-state index < -0.39 is 5.25 Å². The monoisotopic (exact) mass is 410 g/mol. The van der Waals surface area contributed by atoms with Gasteiger partial charge in [0, 0.05) is 12.2 Å². The lowest BCUT2D eigenvalue weighted by Gasteiger charge is -2.17. The van der Waals surface area contributed by atoms with E-state index in [1.165, 1.54) is 11.8 Å². The van der Waals surface area contributed by atoms with Gasteiger partial charge in [-0.2, -0.15) is 0 Å². The Labute approximate surface area is 174 Å². The first-order valence-corrected chi connectivity index (χ1v) is 10.5. The van der Waals surface area contributed by atoms with Crippen LogP contribution in [0.1, 0.15) is 13.3 Å². The number of fused-ring (bicyclic) bond motifs is 1. The number of nitrogens with zero attached hydrogens (tertiary/aromatic N) is 3. The predicted octanol–water partition coefficient (Wildman–Crippen LogP) is 3.47. The summed E-state index contributed by atoms with van der Waals surface area (Å²) in [5, 5.41) is 3.68. The van der Waals surface area contributed by atoms with Gasteiger partial charge < -0.3 is 10.2 Å².